The molecule has 1 fully saturated rings. The van der Waals surface area contributed by atoms with Gasteiger partial charge in [-0.25, -0.2) is 0 Å². The van der Waals surface area contributed by atoms with Crippen LogP contribution >= 0.6 is 0 Å². The third-order valence-electron chi connectivity index (χ3n) is 4.80. The second-order valence-electron chi connectivity index (χ2n) is 6.90. The van der Waals surface area contributed by atoms with E-state index in [4.69, 9.17) is 18.9 Å². The highest BCUT2D eigenvalue weighted by Crippen LogP contribution is 2.19. The molecule has 1 saturated heterocycles. The lowest BCUT2D eigenvalue weighted by molar-refractivity contribution is 0.0536. The largest absolute Gasteiger partial charge is 0.461 e. The SMILES string of the molecule is CCNC(=NCCc1cc2ccccc2o1)N1CCC(COCCOC)C1. The Kier molecular flexibility index (Phi) is 7.54. The Hall–Kier alpha value is -2.05. The van der Waals surface area contributed by atoms with Crippen LogP contribution in [0.3, 0.4) is 0 Å². The standard InChI is InChI=1S/C21H31N3O3/c1-3-22-21(24-11-9-17(15-24)16-26-13-12-25-2)23-10-8-19-14-18-6-4-5-7-20(18)27-19/h4-7,14,17H,3,8-13,15-16H2,1-2H3,(H,22,23). The van der Waals surface area contributed by atoms with Crippen LogP contribution in [-0.2, 0) is 15.9 Å². The molecule has 148 valence electrons. The Bertz CT molecular complexity index is 695. The molecule has 1 aliphatic heterocycles. The number of guanidine groups is 1. The Balaban J connectivity index is 1.50. The topological polar surface area (TPSA) is 59.2 Å². The minimum atomic E-state index is 0.557. The molecular formula is C21H31N3O3. The van der Waals surface area contributed by atoms with Crippen molar-refractivity contribution in [3.63, 3.8) is 0 Å². The van der Waals surface area contributed by atoms with Gasteiger partial charge in [-0.15, -0.1) is 0 Å². The number of likely N-dealkylation sites (tertiary alicyclic amines) is 1. The van der Waals surface area contributed by atoms with Gasteiger partial charge in [-0.05, 0) is 25.5 Å². The summed E-state index contributed by atoms with van der Waals surface area (Å²) in [4.78, 5) is 7.16. The fraction of sp³-hybridized carbons (Fsp3) is 0.571. The van der Waals surface area contributed by atoms with E-state index in [2.05, 4.69) is 29.3 Å². The van der Waals surface area contributed by atoms with Crippen molar-refractivity contribution in [2.45, 2.75) is 19.8 Å². The van der Waals surface area contributed by atoms with Crippen molar-refractivity contribution in [1.29, 1.82) is 0 Å². The Morgan fingerprint density at radius 2 is 2.22 bits per heavy atom. The number of nitrogens with one attached hydrogen (secondary N) is 1. The minimum absolute atomic E-state index is 0.557. The summed E-state index contributed by atoms with van der Waals surface area (Å²) in [5, 5.41) is 4.57. The average molecular weight is 373 g/mol. The quantitative estimate of drug-likeness (QED) is 0.416. The van der Waals surface area contributed by atoms with E-state index in [1.54, 1.807) is 7.11 Å². The number of furan rings is 1. The molecule has 1 unspecified atom stereocenters. The van der Waals surface area contributed by atoms with Crippen LogP contribution in [0.5, 0.6) is 0 Å². The molecule has 0 aliphatic carbocycles. The van der Waals surface area contributed by atoms with Gasteiger partial charge in [0.1, 0.15) is 11.3 Å². The fourth-order valence-electron chi connectivity index (χ4n) is 3.41. The van der Waals surface area contributed by atoms with Crippen molar-refractivity contribution in [2.75, 3.05) is 53.1 Å². The molecule has 0 radical (unpaired) electrons. The van der Waals surface area contributed by atoms with Gasteiger partial charge >= 0.3 is 0 Å². The molecule has 2 heterocycles. The minimum Gasteiger partial charge on any atom is -0.461 e. The molecule has 1 aliphatic rings. The third kappa shape index (κ3) is 5.71. The molecule has 1 aromatic heterocycles. The number of aliphatic imine (C=N–C) groups is 1. The highest BCUT2D eigenvalue weighted by molar-refractivity contribution is 5.80. The lowest BCUT2D eigenvalue weighted by Crippen LogP contribution is -2.40. The molecule has 0 saturated carbocycles. The molecule has 3 rings (SSSR count). The monoisotopic (exact) mass is 373 g/mol. The molecule has 0 spiro atoms. The van der Waals surface area contributed by atoms with Crippen LogP contribution in [0, 0.1) is 5.92 Å². The van der Waals surface area contributed by atoms with E-state index in [0.717, 1.165) is 61.8 Å². The van der Waals surface area contributed by atoms with Gasteiger partial charge in [0.15, 0.2) is 5.96 Å². The van der Waals surface area contributed by atoms with E-state index in [1.807, 2.05) is 18.2 Å². The van der Waals surface area contributed by atoms with E-state index in [9.17, 15) is 0 Å². The first-order valence-electron chi connectivity index (χ1n) is 9.87. The zero-order chi connectivity index (χ0) is 18.9. The van der Waals surface area contributed by atoms with E-state index in [-0.39, 0.29) is 0 Å². The number of para-hydroxylation sites is 1. The molecule has 6 nitrogen and oxygen atoms in total. The Morgan fingerprint density at radius 1 is 1.33 bits per heavy atom. The van der Waals surface area contributed by atoms with Gasteiger partial charge in [-0.1, -0.05) is 18.2 Å². The van der Waals surface area contributed by atoms with Gasteiger partial charge in [0.25, 0.3) is 0 Å². The number of fused-ring (bicyclic) bond motifs is 1. The predicted octanol–water partition coefficient (Wildman–Crippen LogP) is 2.93. The Morgan fingerprint density at radius 3 is 3.04 bits per heavy atom. The highest BCUT2D eigenvalue weighted by Gasteiger charge is 2.24. The number of ether oxygens (including phenoxy) is 2. The maximum absolute atomic E-state index is 5.89. The summed E-state index contributed by atoms with van der Waals surface area (Å²) in [5.74, 6) is 2.54. The van der Waals surface area contributed by atoms with Gasteiger partial charge in [0.2, 0.25) is 0 Å². The van der Waals surface area contributed by atoms with Crippen LogP contribution in [0.25, 0.3) is 11.0 Å². The summed E-state index contributed by atoms with van der Waals surface area (Å²) < 4.78 is 16.6. The summed E-state index contributed by atoms with van der Waals surface area (Å²) in [6.07, 6.45) is 1.95. The van der Waals surface area contributed by atoms with E-state index in [1.165, 1.54) is 0 Å². The van der Waals surface area contributed by atoms with Crippen LogP contribution in [0.2, 0.25) is 0 Å². The van der Waals surface area contributed by atoms with Crippen LogP contribution in [0.15, 0.2) is 39.7 Å². The van der Waals surface area contributed by atoms with E-state index >= 15 is 0 Å². The molecule has 6 heteroatoms. The van der Waals surface area contributed by atoms with Gasteiger partial charge in [0.05, 0.1) is 19.8 Å². The van der Waals surface area contributed by atoms with Crippen molar-refractivity contribution in [3.05, 3.63) is 36.1 Å². The number of nitrogens with zero attached hydrogens (tertiary/aromatic N) is 2. The van der Waals surface area contributed by atoms with Crippen molar-refractivity contribution in [3.8, 4) is 0 Å². The Labute approximate surface area is 161 Å². The highest BCUT2D eigenvalue weighted by atomic mass is 16.5. The fourth-order valence-corrected chi connectivity index (χ4v) is 3.41. The second kappa shape index (κ2) is 10.3. The van der Waals surface area contributed by atoms with Crippen LogP contribution in [0.4, 0.5) is 0 Å². The van der Waals surface area contributed by atoms with Crippen LogP contribution in [0.1, 0.15) is 19.1 Å². The molecule has 0 bridgehead atoms. The summed E-state index contributed by atoms with van der Waals surface area (Å²) >= 11 is 0. The molecule has 27 heavy (non-hydrogen) atoms. The lowest BCUT2D eigenvalue weighted by atomic mass is 10.1. The molecule has 1 atom stereocenters. The summed E-state index contributed by atoms with van der Waals surface area (Å²) in [6.45, 7) is 7.82. The van der Waals surface area contributed by atoms with Gasteiger partial charge in [-0.3, -0.25) is 4.99 Å². The summed E-state index contributed by atoms with van der Waals surface area (Å²) in [5.41, 5.74) is 0.944. The number of hydrogen-bond donors (Lipinski definition) is 1. The van der Waals surface area contributed by atoms with Crippen LogP contribution in [-0.4, -0.2) is 64.0 Å². The summed E-state index contributed by atoms with van der Waals surface area (Å²) in [7, 11) is 1.70. The van der Waals surface area contributed by atoms with E-state index < -0.39 is 0 Å². The molecular weight excluding hydrogens is 342 g/mol. The number of benzene rings is 1. The first kappa shape index (κ1) is 19.7. The van der Waals surface area contributed by atoms with Gasteiger partial charge in [-0.2, -0.15) is 0 Å². The summed E-state index contributed by atoms with van der Waals surface area (Å²) in [6, 6.07) is 10.2. The molecule has 0 amide bonds. The van der Waals surface area contributed by atoms with Crippen molar-refractivity contribution in [1.82, 2.24) is 10.2 Å². The van der Waals surface area contributed by atoms with E-state index in [0.29, 0.717) is 25.7 Å². The van der Waals surface area contributed by atoms with Crippen LogP contribution < -0.4 is 5.32 Å². The first-order chi connectivity index (χ1) is 13.3. The number of methoxy groups -OCH3 is 1. The molecule has 2 aromatic rings. The predicted molar refractivity (Wildman–Crippen MR) is 108 cm³/mol. The van der Waals surface area contributed by atoms with Crippen molar-refractivity contribution in [2.24, 2.45) is 10.9 Å². The van der Waals surface area contributed by atoms with Gasteiger partial charge < -0.3 is 24.1 Å². The third-order valence-corrected chi connectivity index (χ3v) is 4.80. The smallest absolute Gasteiger partial charge is 0.193 e. The zero-order valence-corrected chi connectivity index (χ0v) is 16.4. The van der Waals surface area contributed by atoms with Gasteiger partial charge in [0, 0.05) is 51.0 Å². The lowest BCUT2D eigenvalue weighted by Gasteiger charge is -2.21. The first-order valence-corrected chi connectivity index (χ1v) is 9.87. The van der Waals surface area contributed by atoms with Crippen molar-refractivity contribution >= 4 is 16.9 Å². The maximum Gasteiger partial charge on any atom is 0.193 e. The second-order valence-corrected chi connectivity index (χ2v) is 6.90. The molecule has 1 aromatic carbocycles. The van der Waals surface area contributed by atoms with Crippen molar-refractivity contribution < 1.29 is 13.9 Å². The number of hydrogen-bond acceptors (Lipinski definition) is 4. The maximum atomic E-state index is 5.89. The average Bonchev–Trinajstić information content (AvgIpc) is 3.31. The normalized spacial score (nSPS) is 17.8. The zero-order valence-electron chi connectivity index (χ0n) is 16.4. The number of rotatable bonds is 9. The molecule has 1 N–H and O–H groups in total.